The molecule has 0 saturated carbocycles. The molecule has 1 heterocycles. The van der Waals surface area contributed by atoms with Crippen molar-refractivity contribution in [2.75, 3.05) is 6.26 Å². The van der Waals surface area contributed by atoms with Crippen LogP contribution in [0.15, 0.2) is 29.2 Å². The second-order valence-electron chi connectivity index (χ2n) is 6.83. The lowest BCUT2D eigenvalue weighted by Gasteiger charge is -2.12. The third-order valence-electron chi connectivity index (χ3n) is 4.68. The fourth-order valence-corrected chi connectivity index (χ4v) is 3.58. The lowest BCUT2D eigenvalue weighted by atomic mass is 10.0. The second-order valence-corrected chi connectivity index (χ2v) is 7.71. The molecule has 0 spiro atoms. The maximum absolute atomic E-state index is 12.6. The van der Waals surface area contributed by atoms with Gasteiger partial charge in [0.2, 0.25) is 5.78 Å². The summed E-state index contributed by atoms with van der Waals surface area (Å²) in [7, 11) is 0. The quantitative estimate of drug-likeness (QED) is 0.372. The predicted octanol–water partition coefficient (Wildman–Crippen LogP) is 4.33. The van der Waals surface area contributed by atoms with E-state index >= 15 is 0 Å². The van der Waals surface area contributed by atoms with Gasteiger partial charge in [0.05, 0.1) is 12.1 Å². The molecule has 0 bridgehead atoms. The van der Waals surface area contributed by atoms with Crippen LogP contribution in [-0.2, 0) is 9.53 Å². The van der Waals surface area contributed by atoms with Gasteiger partial charge in [-0.2, -0.15) is 0 Å². The number of thioether (sulfide) groups is 1. The molecule has 154 valence electrons. The van der Waals surface area contributed by atoms with Gasteiger partial charge in [0, 0.05) is 28.1 Å². The highest BCUT2D eigenvalue weighted by molar-refractivity contribution is 7.98. The average molecular weight is 416 g/mol. The monoisotopic (exact) mass is 415 g/mol. The first-order chi connectivity index (χ1) is 13.6. The fourth-order valence-electron chi connectivity index (χ4n) is 3.17. The molecule has 0 aliphatic rings. The van der Waals surface area contributed by atoms with Crippen molar-refractivity contribution < 1.29 is 23.9 Å². The summed E-state index contributed by atoms with van der Waals surface area (Å²) in [6.45, 7) is 6.32. The fraction of sp³-hybridized carbons (Fsp3) is 0.364. The standard InChI is InChI=1S/C22H25NO5S/c1-12-20(14(3)24)13(2)23-21(12)22(27)15(4)28-19(26)11-10-18(25)16-6-8-17(29-5)9-7-16/h6-9,15,23H,10-11H2,1-5H3/t15-/m1/s1. The minimum atomic E-state index is -1.02. The molecule has 2 rings (SSSR count). The van der Waals surface area contributed by atoms with Gasteiger partial charge < -0.3 is 9.72 Å². The molecule has 6 nitrogen and oxygen atoms in total. The summed E-state index contributed by atoms with van der Waals surface area (Å²) in [6, 6.07) is 7.17. The average Bonchev–Trinajstić information content (AvgIpc) is 2.99. The molecule has 2 aromatic rings. The number of H-pyrrole nitrogens is 1. The lowest BCUT2D eigenvalue weighted by Crippen LogP contribution is -2.25. The Hall–Kier alpha value is -2.67. The Morgan fingerprint density at radius 3 is 2.21 bits per heavy atom. The molecule has 0 fully saturated rings. The predicted molar refractivity (Wildman–Crippen MR) is 112 cm³/mol. The molecule has 1 aromatic heterocycles. The number of carbonyl (C=O) groups is 4. The van der Waals surface area contributed by atoms with E-state index in [1.54, 1.807) is 37.7 Å². The summed E-state index contributed by atoms with van der Waals surface area (Å²) in [5.41, 5.74) is 2.43. The molecule has 7 heteroatoms. The van der Waals surface area contributed by atoms with Crippen molar-refractivity contribution in [1.82, 2.24) is 4.98 Å². The number of hydrogen-bond acceptors (Lipinski definition) is 6. The van der Waals surface area contributed by atoms with E-state index in [1.807, 2.05) is 18.4 Å². The van der Waals surface area contributed by atoms with Crippen molar-refractivity contribution in [3.05, 3.63) is 52.3 Å². The highest BCUT2D eigenvalue weighted by Crippen LogP contribution is 2.21. The van der Waals surface area contributed by atoms with E-state index in [1.165, 1.54) is 13.8 Å². The topological polar surface area (TPSA) is 93.3 Å². The summed E-state index contributed by atoms with van der Waals surface area (Å²) in [5.74, 6) is -1.32. The molecular formula is C22H25NO5S. The summed E-state index contributed by atoms with van der Waals surface area (Å²) < 4.78 is 5.20. The van der Waals surface area contributed by atoms with Crippen molar-refractivity contribution >= 4 is 35.1 Å². The molecule has 1 N–H and O–H groups in total. The first kappa shape index (κ1) is 22.6. The van der Waals surface area contributed by atoms with Crippen LogP contribution in [0.5, 0.6) is 0 Å². The minimum absolute atomic E-state index is 0.00742. The number of ketones is 3. The SMILES string of the molecule is CSc1ccc(C(=O)CCC(=O)O[C@H](C)C(=O)c2[nH]c(C)c(C(C)=O)c2C)cc1. The zero-order valence-corrected chi connectivity index (χ0v) is 18.1. The van der Waals surface area contributed by atoms with Gasteiger partial charge in [0.1, 0.15) is 0 Å². The Morgan fingerprint density at radius 2 is 1.69 bits per heavy atom. The van der Waals surface area contributed by atoms with Crippen molar-refractivity contribution in [2.24, 2.45) is 0 Å². The molecule has 0 saturated heterocycles. The van der Waals surface area contributed by atoms with Gasteiger partial charge in [0.25, 0.3) is 0 Å². The summed E-state index contributed by atoms with van der Waals surface area (Å²) in [5, 5.41) is 0. The van der Waals surface area contributed by atoms with E-state index in [4.69, 9.17) is 4.74 Å². The van der Waals surface area contributed by atoms with Crippen molar-refractivity contribution in [2.45, 2.75) is 51.5 Å². The first-order valence-corrected chi connectivity index (χ1v) is 10.5. The summed E-state index contributed by atoms with van der Waals surface area (Å²) in [6.07, 6.45) is 0.831. The molecule has 0 amide bonds. The number of benzene rings is 1. The Morgan fingerprint density at radius 1 is 1.07 bits per heavy atom. The number of carbonyl (C=O) groups excluding carboxylic acids is 4. The second kappa shape index (κ2) is 9.69. The molecule has 29 heavy (non-hydrogen) atoms. The number of hydrogen-bond donors (Lipinski definition) is 1. The first-order valence-electron chi connectivity index (χ1n) is 9.26. The van der Waals surface area contributed by atoms with E-state index in [-0.39, 0.29) is 30.1 Å². The minimum Gasteiger partial charge on any atom is -0.454 e. The highest BCUT2D eigenvalue weighted by Gasteiger charge is 2.26. The van der Waals surface area contributed by atoms with E-state index in [9.17, 15) is 19.2 Å². The number of nitrogens with one attached hydrogen (secondary N) is 1. The van der Waals surface area contributed by atoms with Crippen LogP contribution in [0.2, 0.25) is 0 Å². The number of aromatic nitrogens is 1. The third kappa shape index (κ3) is 5.44. The van der Waals surface area contributed by atoms with Crippen LogP contribution < -0.4 is 0 Å². The number of ether oxygens (including phenoxy) is 1. The number of aryl methyl sites for hydroxylation is 1. The summed E-state index contributed by atoms with van der Waals surface area (Å²) >= 11 is 1.58. The van der Waals surface area contributed by atoms with Crippen LogP contribution in [0.25, 0.3) is 0 Å². The molecule has 1 aromatic carbocycles. The number of rotatable bonds is 9. The zero-order chi connectivity index (χ0) is 21.7. The van der Waals surface area contributed by atoms with Crippen molar-refractivity contribution in [3.8, 4) is 0 Å². The Balaban J connectivity index is 1.94. The van der Waals surface area contributed by atoms with Gasteiger partial charge in [-0.05, 0) is 51.6 Å². The maximum atomic E-state index is 12.6. The van der Waals surface area contributed by atoms with Crippen LogP contribution in [0, 0.1) is 13.8 Å². The normalized spacial score (nSPS) is 11.8. The van der Waals surface area contributed by atoms with Crippen LogP contribution in [-0.4, -0.2) is 40.7 Å². The maximum Gasteiger partial charge on any atom is 0.306 e. The number of Topliss-reactive ketones (excluding diaryl/α,β-unsaturated/α-hetero) is 3. The Labute approximate surface area is 174 Å². The van der Waals surface area contributed by atoms with E-state index in [2.05, 4.69) is 4.98 Å². The van der Waals surface area contributed by atoms with Gasteiger partial charge in [-0.15, -0.1) is 11.8 Å². The van der Waals surface area contributed by atoms with Gasteiger partial charge in [0.15, 0.2) is 17.7 Å². The molecule has 0 aliphatic heterocycles. The number of aromatic amines is 1. The van der Waals surface area contributed by atoms with E-state index in [0.29, 0.717) is 22.4 Å². The van der Waals surface area contributed by atoms with Gasteiger partial charge in [-0.25, -0.2) is 0 Å². The molecule has 0 aliphatic carbocycles. The molecule has 0 unspecified atom stereocenters. The summed E-state index contributed by atoms with van der Waals surface area (Å²) in [4.78, 5) is 52.6. The van der Waals surface area contributed by atoms with Crippen LogP contribution >= 0.6 is 11.8 Å². The van der Waals surface area contributed by atoms with Crippen molar-refractivity contribution in [3.63, 3.8) is 0 Å². The van der Waals surface area contributed by atoms with E-state index < -0.39 is 17.9 Å². The lowest BCUT2D eigenvalue weighted by molar-refractivity contribution is -0.146. The molecular weight excluding hydrogens is 390 g/mol. The highest BCUT2D eigenvalue weighted by atomic mass is 32.2. The molecule has 1 atom stereocenters. The Bertz CT molecular complexity index is 943. The van der Waals surface area contributed by atoms with Crippen LogP contribution in [0.3, 0.4) is 0 Å². The Kier molecular flexibility index (Phi) is 7.56. The largest absolute Gasteiger partial charge is 0.454 e. The van der Waals surface area contributed by atoms with Gasteiger partial charge in [-0.3, -0.25) is 19.2 Å². The van der Waals surface area contributed by atoms with E-state index in [0.717, 1.165) is 4.90 Å². The van der Waals surface area contributed by atoms with Gasteiger partial charge in [-0.1, -0.05) is 12.1 Å². The van der Waals surface area contributed by atoms with Crippen LogP contribution in [0.4, 0.5) is 0 Å². The smallest absolute Gasteiger partial charge is 0.306 e. The third-order valence-corrected chi connectivity index (χ3v) is 5.43. The number of esters is 1. The molecule has 0 radical (unpaired) electrons. The van der Waals surface area contributed by atoms with Gasteiger partial charge >= 0.3 is 5.97 Å². The van der Waals surface area contributed by atoms with Crippen LogP contribution in [0.1, 0.15) is 69.2 Å². The zero-order valence-electron chi connectivity index (χ0n) is 17.3. The van der Waals surface area contributed by atoms with Crippen molar-refractivity contribution in [1.29, 1.82) is 0 Å².